The number of carbonyl (C=O) groups excluding carboxylic acids is 1. The predicted molar refractivity (Wildman–Crippen MR) is 119 cm³/mol. The van der Waals surface area contributed by atoms with Gasteiger partial charge in [0, 0.05) is 49.6 Å². The summed E-state index contributed by atoms with van der Waals surface area (Å²) in [5.41, 5.74) is 4.36. The Morgan fingerprint density at radius 3 is 2.61 bits per heavy atom. The highest BCUT2D eigenvalue weighted by Crippen LogP contribution is 2.46. The molecule has 3 heterocycles. The first kappa shape index (κ1) is 19.8. The number of aromatic nitrogens is 2. The summed E-state index contributed by atoms with van der Waals surface area (Å²) in [5.74, 6) is 1.76. The molecule has 1 amide bonds. The minimum atomic E-state index is 0.0903. The van der Waals surface area contributed by atoms with Crippen LogP contribution in [0.25, 0.3) is 0 Å². The van der Waals surface area contributed by atoms with Crippen molar-refractivity contribution in [2.45, 2.75) is 19.5 Å². The number of amides is 1. The van der Waals surface area contributed by atoms with Gasteiger partial charge < -0.3 is 9.64 Å². The molecular formula is C25H28N4O2. The Hall–Kier alpha value is -3.12. The topological polar surface area (TPSA) is 61.5 Å². The molecule has 0 spiro atoms. The van der Waals surface area contributed by atoms with Gasteiger partial charge in [0.25, 0.3) is 5.91 Å². The number of likely N-dealkylation sites (tertiary alicyclic amines) is 2. The summed E-state index contributed by atoms with van der Waals surface area (Å²) in [5, 5.41) is 7.15. The second-order valence-electron chi connectivity index (χ2n) is 8.69. The summed E-state index contributed by atoms with van der Waals surface area (Å²) >= 11 is 0. The average Bonchev–Trinajstić information content (AvgIpc) is 3.51. The molecule has 3 atom stereocenters. The summed E-state index contributed by atoms with van der Waals surface area (Å²) in [6, 6.07) is 18.1. The van der Waals surface area contributed by atoms with Crippen LogP contribution in [0, 0.1) is 18.8 Å². The number of H-pyrrole nitrogens is 1. The Morgan fingerprint density at radius 2 is 1.90 bits per heavy atom. The van der Waals surface area contributed by atoms with Crippen LogP contribution in [0.3, 0.4) is 0 Å². The van der Waals surface area contributed by atoms with Gasteiger partial charge >= 0.3 is 0 Å². The van der Waals surface area contributed by atoms with Crippen LogP contribution < -0.4 is 4.74 Å². The van der Waals surface area contributed by atoms with E-state index >= 15 is 0 Å². The Kier molecular flexibility index (Phi) is 5.24. The first-order chi connectivity index (χ1) is 15.1. The fraction of sp³-hybridized carbons (Fsp3) is 0.360. The smallest absolute Gasteiger partial charge is 0.254 e. The zero-order valence-electron chi connectivity index (χ0n) is 18.0. The highest BCUT2D eigenvalue weighted by atomic mass is 16.5. The zero-order valence-corrected chi connectivity index (χ0v) is 18.0. The van der Waals surface area contributed by atoms with Gasteiger partial charge in [-0.15, -0.1) is 0 Å². The summed E-state index contributed by atoms with van der Waals surface area (Å²) in [7, 11) is 1.64. The summed E-state index contributed by atoms with van der Waals surface area (Å²) in [4.78, 5) is 18.2. The lowest BCUT2D eigenvalue weighted by Gasteiger charge is -2.31. The van der Waals surface area contributed by atoms with Crippen molar-refractivity contribution >= 4 is 5.91 Å². The van der Waals surface area contributed by atoms with Gasteiger partial charge in [0.05, 0.1) is 13.2 Å². The van der Waals surface area contributed by atoms with Crippen LogP contribution in [0.15, 0.2) is 60.8 Å². The van der Waals surface area contributed by atoms with E-state index in [4.69, 9.17) is 4.74 Å². The number of carbonyl (C=O) groups is 1. The number of nitrogens with zero attached hydrogens (tertiary/aromatic N) is 3. The van der Waals surface area contributed by atoms with E-state index in [1.54, 1.807) is 13.3 Å². The Morgan fingerprint density at radius 1 is 1.10 bits per heavy atom. The highest BCUT2D eigenvalue weighted by Gasteiger charge is 2.49. The van der Waals surface area contributed by atoms with Crippen molar-refractivity contribution in [1.82, 2.24) is 20.0 Å². The average molecular weight is 417 g/mol. The Balaban J connectivity index is 1.43. The van der Waals surface area contributed by atoms with E-state index in [0.717, 1.165) is 37.6 Å². The van der Waals surface area contributed by atoms with Gasteiger partial charge in [0.1, 0.15) is 5.75 Å². The van der Waals surface area contributed by atoms with Crippen molar-refractivity contribution in [1.29, 1.82) is 0 Å². The van der Waals surface area contributed by atoms with E-state index in [1.807, 2.05) is 30.3 Å². The molecule has 0 unspecified atom stereocenters. The Bertz CT molecular complexity index is 1050. The van der Waals surface area contributed by atoms with Crippen molar-refractivity contribution < 1.29 is 9.53 Å². The molecule has 1 N–H and O–H groups in total. The first-order valence-electron chi connectivity index (χ1n) is 10.8. The van der Waals surface area contributed by atoms with Crippen LogP contribution in [0.5, 0.6) is 5.75 Å². The number of aromatic amines is 1. The van der Waals surface area contributed by atoms with Gasteiger partial charge in [-0.25, -0.2) is 0 Å². The van der Waals surface area contributed by atoms with Gasteiger partial charge in [0.15, 0.2) is 0 Å². The number of methoxy groups -OCH3 is 1. The van der Waals surface area contributed by atoms with E-state index in [2.05, 4.69) is 51.2 Å². The van der Waals surface area contributed by atoms with Gasteiger partial charge in [-0.2, -0.15) is 5.10 Å². The number of benzene rings is 2. The van der Waals surface area contributed by atoms with Crippen molar-refractivity contribution in [3.63, 3.8) is 0 Å². The SMILES string of the molecule is COc1ccc(C(=O)N2C[C@@H]3CN(Cc4ccn[nH]4)C[C@@H]3[C@@H]2c2ccccc2C)cc1. The molecule has 2 saturated heterocycles. The molecule has 0 radical (unpaired) electrons. The molecule has 0 saturated carbocycles. The fourth-order valence-electron chi connectivity index (χ4n) is 5.31. The third-order valence-electron chi connectivity index (χ3n) is 6.80. The number of rotatable bonds is 5. The van der Waals surface area contributed by atoms with Gasteiger partial charge in [0.2, 0.25) is 0 Å². The summed E-state index contributed by atoms with van der Waals surface area (Å²) in [6.07, 6.45) is 1.80. The van der Waals surface area contributed by atoms with E-state index < -0.39 is 0 Å². The zero-order chi connectivity index (χ0) is 21.4. The monoisotopic (exact) mass is 416 g/mol. The van der Waals surface area contributed by atoms with E-state index in [9.17, 15) is 4.79 Å². The number of nitrogens with one attached hydrogen (secondary N) is 1. The van der Waals surface area contributed by atoms with Crippen LogP contribution in [-0.4, -0.2) is 52.6 Å². The van der Waals surface area contributed by atoms with Crippen LogP contribution in [-0.2, 0) is 6.54 Å². The van der Waals surface area contributed by atoms with Crippen molar-refractivity contribution in [2.75, 3.05) is 26.7 Å². The number of hydrogen-bond acceptors (Lipinski definition) is 4. The van der Waals surface area contributed by atoms with Gasteiger partial charge in [-0.05, 0) is 54.3 Å². The molecule has 0 bridgehead atoms. The third kappa shape index (κ3) is 3.72. The number of aryl methyl sites for hydroxylation is 1. The summed E-state index contributed by atoms with van der Waals surface area (Å²) < 4.78 is 5.26. The molecule has 6 nitrogen and oxygen atoms in total. The molecule has 0 aliphatic carbocycles. The standard InChI is InChI=1S/C25H28N4O2/c1-17-5-3-4-6-22(17)24-23-16-28(15-20-11-12-26-27-20)13-19(23)14-29(24)25(30)18-7-9-21(31-2)10-8-18/h3-12,19,23-24H,13-16H2,1-2H3,(H,26,27)/t19-,23-,24-/m0/s1. The first-order valence-corrected chi connectivity index (χ1v) is 10.8. The number of hydrogen-bond donors (Lipinski definition) is 1. The largest absolute Gasteiger partial charge is 0.497 e. The molecule has 2 fully saturated rings. The lowest BCUT2D eigenvalue weighted by atomic mass is 9.87. The van der Waals surface area contributed by atoms with Crippen LogP contribution in [0.4, 0.5) is 0 Å². The molecular weight excluding hydrogens is 388 g/mol. The quantitative estimate of drug-likeness (QED) is 0.689. The maximum Gasteiger partial charge on any atom is 0.254 e. The van der Waals surface area contributed by atoms with Crippen LogP contribution in [0.2, 0.25) is 0 Å². The molecule has 2 aliphatic rings. The molecule has 6 heteroatoms. The van der Waals surface area contributed by atoms with E-state index in [1.165, 1.54) is 11.1 Å². The molecule has 2 aromatic carbocycles. The Labute approximate surface area is 182 Å². The van der Waals surface area contributed by atoms with Gasteiger partial charge in [-0.1, -0.05) is 24.3 Å². The maximum atomic E-state index is 13.6. The molecule has 3 aromatic rings. The van der Waals surface area contributed by atoms with E-state index in [-0.39, 0.29) is 11.9 Å². The maximum absolute atomic E-state index is 13.6. The minimum Gasteiger partial charge on any atom is -0.497 e. The van der Waals surface area contributed by atoms with Crippen LogP contribution in [0.1, 0.15) is 33.2 Å². The van der Waals surface area contributed by atoms with Crippen molar-refractivity contribution in [3.8, 4) is 5.75 Å². The minimum absolute atomic E-state index is 0.0903. The summed E-state index contributed by atoms with van der Waals surface area (Å²) in [6.45, 7) is 5.79. The van der Waals surface area contributed by atoms with Crippen molar-refractivity contribution in [2.24, 2.45) is 11.8 Å². The van der Waals surface area contributed by atoms with Crippen LogP contribution >= 0.6 is 0 Å². The number of fused-ring (bicyclic) bond motifs is 1. The van der Waals surface area contributed by atoms with Crippen molar-refractivity contribution in [3.05, 3.63) is 83.2 Å². The molecule has 2 aliphatic heterocycles. The second-order valence-corrected chi connectivity index (χ2v) is 8.69. The van der Waals surface area contributed by atoms with E-state index in [0.29, 0.717) is 17.4 Å². The normalized spacial score (nSPS) is 23.2. The fourth-order valence-corrected chi connectivity index (χ4v) is 5.31. The number of ether oxygens (including phenoxy) is 1. The lowest BCUT2D eigenvalue weighted by Crippen LogP contribution is -2.36. The van der Waals surface area contributed by atoms with Gasteiger partial charge in [-0.3, -0.25) is 14.8 Å². The molecule has 160 valence electrons. The molecule has 1 aromatic heterocycles. The second kappa shape index (κ2) is 8.19. The lowest BCUT2D eigenvalue weighted by molar-refractivity contribution is 0.0699. The molecule has 5 rings (SSSR count). The highest BCUT2D eigenvalue weighted by molar-refractivity contribution is 5.95. The third-order valence-corrected chi connectivity index (χ3v) is 6.80. The molecule has 31 heavy (non-hydrogen) atoms. The predicted octanol–water partition coefficient (Wildman–Crippen LogP) is 3.67.